The number of hydrogen-bond donors (Lipinski definition) is 0. The van der Waals surface area contributed by atoms with E-state index < -0.39 is 0 Å². The fourth-order valence-electron chi connectivity index (χ4n) is 1.45. The van der Waals surface area contributed by atoms with E-state index in [1.165, 1.54) is 11.3 Å². The van der Waals surface area contributed by atoms with Crippen LogP contribution in [0.3, 0.4) is 0 Å². The minimum absolute atomic E-state index is 0.270. The summed E-state index contributed by atoms with van der Waals surface area (Å²) in [5.74, 6) is -0.270. The van der Waals surface area contributed by atoms with Crippen molar-refractivity contribution in [2.45, 2.75) is 13.5 Å². The van der Waals surface area contributed by atoms with Gasteiger partial charge in [-0.2, -0.15) is 0 Å². The third-order valence-electron chi connectivity index (χ3n) is 2.32. The molecule has 0 atom stereocenters. The highest BCUT2D eigenvalue weighted by atomic mass is 79.9. The Balaban J connectivity index is 2.01. The van der Waals surface area contributed by atoms with Gasteiger partial charge in [0.1, 0.15) is 6.61 Å². The zero-order valence-electron chi connectivity index (χ0n) is 9.27. The lowest BCUT2D eigenvalue weighted by Crippen LogP contribution is -2.05. The normalized spacial score (nSPS) is 10.2. The first-order valence-electron chi connectivity index (χ1n) is 5.14. The van der Waals surface area contributed by atoms with Gasteiger partial charge in [0, 0.05) is 4.88 Å². The number of carbonyl (C=O) groups excluding carboxylic acids is 1. The lowest BCUT2D eigenvalue weighted by Gasteiger charge is -2.04. The van der Waals surface area contributed by atoms with Crippen LogP contribution in [0.5, 0.6) is 0 Å². The maximum atomic E-state index is 11.8. The van der Waals surface area contributed by atoms with Crippen molar-refractivity contribution in [1.29, 1.82) is 0 Å². The highest BCUT2D eigenvalue weighted by molar-refractivity contribution is 9.11. The molecule has 0 radical (unpaired) electrons. The largest absolute Gasteiger partial charge is 0.457 e. The second-order valence-corrected chi connectivity index (χ2v) is 6.22. The van der Waals surface area contributed by atoms with Crippen LogP contribution in [0.4, 0.5) is 0 Å². The van der Waals surface area contributed by atoms with Crippen molar-refractivity contribution in [3.63, 3.8) is 0 Å². The molecule has 2 rings (SSSR count). The Kier molecular flexibility index (Phi) is 3.97. The fourth-order valence-corrected chi connectivity index (χ4v) is 3.13. The van der Waals surface area contributed by atoms with E-state index in [1.54, 1.807) is 6.07 Å². The molecule has 0 amide bonds. The molecule has 0 fully saturated rings. The average molecular weight is 311 g/mol. The number of hydrogen-bond acceptors (Lipinski definition) is 3. The van der Waals surface area contributed by atoms with E-state index in [1.807, 2.05) is 37.3 Å². The fraction of sp³-hybridized carbons (Fsp3) is 0.154. The Labute approximate surface area is 112 Å². The molecule has 1 heterocycles. The SMILES string of the molecule is Cc1sc(Br)cc1C(=O)OCc1ccccc1. The predicted molar refractivity (Wildman–Crippen MR) is 72.3 cm³/mol. The molecule has 88 valence electrons. The molecule has 0 saturated carbocycles. The summed E-state index contributed by atoms with van der Waals surface area (Å²) < 4.78 is 6.20. The van der Waals surface area contributed by atoms with Crippen LogP contribution >= 0.6 is 27.3 Å². The van der Waals surface area contributed by atoms with Crippen LogP contribution in [-0.4, -0.2) is 5.97 Å². The third kappa shape index (κ3) is 3.17. The van der Waals surface area contributed by atoms with Crippen molar-refractivity contribution in [3.05, 3.63) is 56.2 Å². The number of rotatable bonds is 3. The zero-order valence-corrected chi connectivity index (χ0v) is 11.7. The first-order valence-corrected chi connectivity index (χ1v) is 6.75. The molecule has 0 N–H and O–H groups in total. The van der Waals surface area contributed by atoms with Gasteiger partial charge in [-0.05, 0) is 34.5 Å². The second-order valence-electron chi connectivity index (χ2n) is 3.58. The molecule has 0 aliphatic rings. The number of esters is 1. The highest BCUT2D eigenvalue weighted by Crippen LogP contribution is 2.27. The predicted octanol–water partition coefficient (Wildman–Crippen LogP) is 4.18. The van der Waals surface area contributed by atoms with E-state index in [0.29, 0.717) is 12.2 Å². The van der Waals surface area contributed by atoms with E-state index in [2.05, 4.69) is 15.9 Å². The number of aryl methyl sites for hydroxylation is 1. The Bertz CT molecular complexity index is 519. The van der Waals surface area contributed by atoms with Gasteiger partial charge >= 0.3 is 5.97 Å². The monoisotopic (exact) mass is 310 g/mol. The second kappa shape index (κ2) is 5.47. The molecule has 2 nitrogen and oxygen atoms in total. The van der Waals surface area contributed by atoms with Crippen LogP contribution < -0.4 is 0 Å². The summed E-state index contributed by atoms with van der Waals surface area (Å²) in [5, 5.41) is 0. The molecule has 0 saturated heterocycles. The van der Waals surface area contributed by atoms with Gasteiger partial charge in [0.2, 0.25) is 0 Å². The molecule has 2 aromatic rings. The minimum atomic E-state index is -0.270. The van der Waals surface area contributed by atoms with Crippen LogP contribution in [-0.2, 0) is 11.3 Å². The summed E-state index contributed by atoms with van der Waals surface area (Å²) in [6.45, 7) is 2.22. The molecular formula is C13H11BrO2S. The summed E-state index contributed by atoms with van der Waals surface area (Å²) >= 11 is 4.89. The molecule has 0 unspecified atom stereocenters. The van der Waals surface area contributed by atoms with E-state index in [9.17, 15) is 4.79 Å². The molecule has 0 aliphatic heterocycles. The number of thiophene rings is 1. The lowest BCUT2D eigenvalue weighted by atomic mass is 10.2. The maximum absolute atomic E-state index is 11.8. The topological polar surface area (TPSA) is 26.3 Å². The Morgan fingerprint density at radius 3 is 2.65 bits per heavy atom. The van der Waals surface area contributed by atoms with E-state index in [0.717, 1.165) is 14.2 Å². The first kappa shape index (κ1) is 12.3. The van der Waals surface area contributed by atoms with Gasteiger partial charge in [-0.1, -0.05) is 30.3 Å². The third-order valence-corrected chi connectivity index (χ3v) is 3.87. The van der Waals surface area contributed by atoms with Gasteiger partial charge < -0.3 is 4.74 Å². The summed E-state index contributed by atoms with van der Waals surface area (Å²) in [4.78, 5) is 12.8. The Morgan fingerprint density at radius 1 is 1.35 bits per heavy atom. The van der Waals surface area contributed by atoms with E-state index in [-0.39, 0.29) is 5.97 Å². The average Bonchev–Trinajstić information content (AvgIpc) is 2.67. The van der Waals surface area contributed by atoms with E-state index in [4.69, 9.17) is 4.74 Å². The standard InChI is InChI=1S/C13H11BrO2S/c1-9-11(7-12(14)17-9)13(15)16-8-10-5-3-2-4-6-10/h2-7H,8H2,1H3. The lowest BCUT2D eigenvalue weighted by molar-refractivity contribution is 0.0472. The molecule has 4 heteroatoms. The van der Waals surface area contributed by atoms with Crippen molar-refractivity contribution in [2.24, 2.45) is 0 Å². The van der Waals surface area contributed by atoms with Crippen LogP contribution in [0.2, 0.25) is 0 Å². The smallest absolute Gasteiger partial charge is 0.339 e. The zero-order chi connectivity index (χ0) is 12.3. The number of ether oxygens (including phenoxy) is 1. The van der Waals surface area contributed by atoms with Gasteiger partial charge in [-0.25, -0.2) is 4.79 Å². The Morgan fingerprint density at radius 2 is 2.06 bits per heavy atom. The minimum Gasteiger partial charge on any atom is -0.457 e. The highest BCUT2D eigenvalue weighted by Gasteiger charge is 2.13. The molecule has 1 aromatic carbocycles. The number of carbonyl (C=O) groups is 1. The maximum Gasteiger partial charge on any atom is 0.339 e. The summed E-state index contributed by atoms with van der Waals surface area (Å²) in [5.41, 5.74) is 1.63. The van der Waals surface area contributed by atoms with Gasteiger partial charge in [-0.3, -0.25) is 0 Å². The van der Waals surface area contributed by atoms with Crippen LogP contribution in [0.25, 0.3) is 0 Å². The summed E-state index contributed by atoms with van der Waals surface area (Å²) in [7, 11) is 0. The molecule has 1 aromatic heterocycles. The molecule has 0 bridgehead atoms. The Hall–Kier alpha value is -1.13. The van der Waals surface area contributed by atoms with Gasteiger partial charge in [-0.15, -0.1) is 11.3 Å². The quantitative estimate of drug-likeness (QED) is 0.795. The van der Waals surface area contributed by atoms with Gasteiger partial charge in [0.05, 0.1) is 9.35 Å². The van der Waals surface area contributed by atoms with Crippen LogP contribution in [0.15, 0.2) is 40.2 Å². The van der Waals surface area contributed by atoms with Crippen molar-refractivity contribution in [3.8, 4) is 0 Å². The summed E-state index contributed by atoms with van der Waals surface area (Å²) in [6.07, 6.45) is 0. The molecular weight excluding hydrogens is 300 g/mol. The summed E-state index contributed by atoms with van der Waals surface area (Å²) in [6, 6.07) is 11.5. The van der Waals surface area contributed by atoms with Crippen molar-refractivity contribution >= 4 is 33.2 Å². The van der Waals surface area contributed by atoms with Crippen molar-refractivity contribution < 1.29 is 9.53 Å². The molecule has 17 heavy (non-hydrogen) atoms. The number of benzene rings is 1. The van der Waals surface area contributed by atoms with Gasteiger partial charge in [0.25, 0.3) is 0 Å². The first-order chi connectivity index (χ1) is 8.16. The number of halogens is 1. The van der Waals surface area contributed by atoms with Crippen molar-refractivity contribution in [1.82, 2.24) is 0 Å². The van der Waals surface area contributed by atoms with Crippen molar-refractivity contribution in [2.75, 3.05) is 0 Å². The van der Waals surface area contributed by atoms with Crippen LogP contribution in [0, 0.1) is 6.92 Å². The van der Waals surface area contributed by atoms with Gasteiger partial charge in [0.15, 0.2) is 0 Å². The van der Waals surface area contributed by atoms with Crippen LogP contribution in [0.1, 0.15) is 20.8 Å². The molecule has 0 spiro atoms. The van der Waals surface area contributed by atoms with E-state index >= 15 is 0 Å². The molecule has 0 aliphatic carbocycles.